The van der Waals surface area contributed by atoms with Crippen molar-refractivity contribution in [2.45, 2.75) is 30.4 Å². The van der Waals surface area contributed by atoms with E-state index in [0.717, 1.165) is 24.3 Å². The van der Waals surface area contributed by atoms with E-state index in [0.29, 0.717) is 28.5 Å². The molecule has 1 aromatic heterocycles. The van der Waals surface area contributed by atoms with Gasteiger partial charge in [0.25, 0.3) is 10.0 Å². The first kappa shape index (κ1) is 14.2. The summed E-state index contributed by atoms with van der Waals surface area (Å²) < 4.78 is 27.0. The monoisotopic (exact) mass is 308 g/mol. The molecule has 0 aliphatic heterocycles. The van der Waals surface area contributed by atoms with Crippen LogP contribution < -0.4 is 4.72 Å². The lowest BCUT2D eigenvalue weighted by Gasteiger charge is -2.17. The van der Waals surface area contributed by atoms with Crippen molar-refractivity contribution in [1.82, 2.24) is 9.71 Å². The highest BCUT2D eigenvalue weighted by Gasteiger charge is 2.28. The van der Waals surface area contributed by atoms with Crippen LogP contribution in [-0.2, 0) is 10.0 Å². The number of nitrogens with one attached hydrogen (secondary N) is 1. The van der Waals surface area contributed by atoms with Gasteiger partial charge in [0.2, 0.25) is 0 Å². The fraction of sp³-hybridized carbons (Fsp3) is 0.727. The Kier molecular flexibility index (Phi) is 4.64. The molecule has 1 fully saturated rings. The van der Waals surface area contributed by atoms with Crippen molar-refractivity contribution in [3.63, 3.8) is 0 Å². The van der Waals surface area contributed by atoms with Gasteiger partial charge >= 0.3 is 0 Å². The van der Waals surface area contributed by atoms with Crippen LogP contribution in [0.3, 0.4) is 0 Å². The fourth-order valence-electron chi connectivity index (χ4n) is 2.34. The van der Waals surface area contributed by atoms with Crippen LogP contribution in [0.2, 0.25) is 0 Å². The SMILES string of the molecule is Cc1ncc(S(=O)(=O)NCC2CCCC2CCl)s1. The number of alkyl halides is 1. The molecule has 4 nitrogen and oxygen atoms in total. The topological polar surface area (TPSA) is 59.1 Å². The summed E-state index contributed by atoms with van der Waals surface area (Å²) in [7, 11) is -3.40. The number of hydrogen-bond donors (Lipinski definition) is 1. The van der Waals surface area contributed by atoms with Crippen molar-refractivity contribution >= 4 is 33.0 Å². The highest BCUT2D eigenvalue weighted by molar-refractivity contribution is 7.91. The highest BCUT2D eigenvalue weighted by Crippen LogP contribution is 2.32. The van der Waals surface area contributed by atoms with E-state index in [1.807, 2.05) is 0 Å². The van der Waals surface area contributed by atoms with Crippen molar-refractivity contribution in [2.24, 2.45) is 11.8 Å². The molecule has 0 bridgehead atoms. The quantitative estimate of drug-likeness (QED) is 0.850. The third kappa shape index (κ3) is 3.23. The van der Waals surface area contributed by atoms with Gasteiger partial charge in [0.05, 0.1) is 11.2 Å². The Bertz CT molecular complexity index is 501. The Morgan fingerprint density at radius 2 is 2.22 bits per heavy atom. The lowest BCUT2D eigenvalue weighted by molar-refractivity contribution is 0.418. The number of nitrogens with zero attached hydrogens (tertiary/aromatic N) is 1. The van der Waals surface area contributed by atoms with E-state index >= 15 is 0 Å². The predicted molar refractivity (Wildman–Crippen MR) is 73.6 cm³/mol. The molecule has 0 saturated heterocycles. The van der Waals surface area contributed by atoms with Crippen LogP contribution in [0, 0.1) is 18.8 Å². The first-order valence-electron chi connectivity index (χ1n) is 6.01. The average molecular weight is 309 g/mol. The van der Waals surface area contributed by atoms with Crippen LogP contribution in [0.15, 0.2) is 10.4 Å². The summed E-state index contributed by atoms with van der Waals surface area (Å²) in [6.07, 6.45) is 4.72. The zero-order valence-electron chi connectivity index (χ0n) is 10.2. The summed E-state index contributed by atoms with van der Waals surface area (Å²) >= 11 is 7.08. The average Bonchev–Trinajstić information content (AvgIpc) is 2.94. The standard InChI is InChI=1S/C11H17ClN2O2S2/c1-8-13-7-11(17-8)18(15,16)14-6-10-4-2-3-9(10)5-12/h7,9-10,14H,2-6H2,1H3. The molecule has 2 atom stereocenters. The smallest absolute Gasteiger partial charge is 0.249 e. The Hall–Kier alpha value is -0.170. The van der Waals surface area contributed by atoms with Crippen molar-refractivity contribution in [1.29, 1.82) is 0 Å². The maximum absolute atomic E-state index is 12.0. The van der Waals surface area contributed by atoms with E-state index in [-0.39, 0.29) is 0 Å². The summed E-state index contributed by atoms with van der Waals surface area (Å²) in [5, 5.41) is 0.759. The second-order valence-electron chi connectivity index (χ2n) is 4.66. The number of rotatable bonds is 5. The summed E-state index contributed by atoms with van der Waals surface area (Å²) in [6, 6.07) is 0. The molecule has 1 heterocycles. The Morgan fingerprint density at radius 1 is 1.50 bits per heavy atom. The van der Waals surface area contributed by atoms with Crippen molar-refractivity contribution in [3.05, 3.63) is 11.2 Å². The number of hydrogen-bond acceptors (Lipinski definition) is 4. The van der Waals surface area contributed by atoms with Gasteiger partial charge in [0.15, 0.2) is 4.21 Å². The lowest BCUT2D eigenvalue weighted by Crippen LogP contribution is -2.30. The van der Waals surface area contributed by atoms with E-state index in [1.54, 1.807) is 6.92 Å². The van der Waals surface area contributed by atoms with E-state index < -0.39 is 10.0 Å². The predicted octanol–water partition coefficient (Wildman–Crippen LogP) is 2.38. The molecule has 102 valence electrons. The second kappa shape index (κ2) is 5.86. The largest absolute Gasteiger partial charge is 0.251 e. The molecule has 2 unspecified atom stereocenters. The van der Waals surface area contributed by atoms with Gasteiger partial charge < -0.3 is 0 Å². The number of thiazole rings is 1. The molecule has 0 radical (unpaired) electrons. The molecule has 1 aliphatic rings. The van der Waals surface area contributed by atoms with E-state index in [1.165, 1.54) is 17.5 Å². The first-order chi connectivity index (χ1) is 8.53. The van der Waals surface area contributed by atoms with Crippen molar-refractivity contribution in [2.75, 3.05) is 12.4 Å². The van der Waals surface area contributed by atoms with Gasteiger partial charge in [0, 0.05) is 12.4 Å². The van der Waals surface area contributed by atoms with Crippen LogP contribution >= 0.6 is 22.9 Å². The molecule has 1 aromatic rings. The Morgan fingerprint density at radius 3 is 2.83 bits per heavy atom. The third-order valence-corrected chi connectivity index (χ3v) is 6.61. The molecular formula is C11H17ClN2O2S2. The molecule has 1 aliphatic carbocycles. The summed E-state index contributed by atoms with van der Waals surface area (Å²) in [6.45, 7) is 2.28. The number of halogens is 1. The number of sulfonamides is 1. The molecular weight excluding hydrogens is 292 g/mol. The zero-order chi connectivity index (χ0) is 13.2. The van der Waals surface area contributed by atoms with Crippen molar-refractivity contribution in [3.8, 4) is 0 Å². The van der Waals surface area contributed by atoms with Crippen LogP contribution in [0.5, 0.6) is 0 Å². The molecule has 1 saturated carbocycles. The van der Waals surface area contributed by atoms with Gasteiger partial charge in [-0.25, -0.2) is 18.1 Å². The van der Waals surface area contributed by atoms with Gasteiger partial charge in [-0.05, 0) is 31.6 Å². The minimum absolute atomic E-state index is 0.292. The Labute approximate surface area is 117 Å². The van der Waals surface area contributed by atoms with Gasteiger partial charge in [-0.2, -0.15) is 0 Å². The van der Waals surface area contributed by atoms with Gasteiger partial charge in [0.1, 0.15) is 0 Å². The molecule has 1 N–H and O–H groups in total. The Balaban J connectivity index is 1.97. The van der Waals surface area contributed by atoms with Crippen LogP contribution in [-0.4, -0.2) is 25.8 Å². The molecule has 18 heavy (non-hydrogen) atoms. The molecule has 0 spiro atoms. The maximum Gasteiger partial charge on any atom is 0.251 e. The van der Waals surface area contributed by atoms with Gasteiger partial charge in [-0.15, -0.1) is 22.9 Å². The van der Waals surface area contributed by atoms with E-state index in [9.17, 15) is 8.42 Å². The van der Waals surface area contributed by atoms with E-state index in [4.69, 9.17) is 11.6 Å². The van der Waals surface area contributed by atoms with Crippen molar-refractivity contribution < 1.29 is 8.42 Å². The van der Waals surface area contributed by atoms with Gasteiger partial charge in [-0.1, -0.05) is 6.42 Å². The first-order valence-corrected chi connectivity index (χ1v) is 8.84. The van der Waals surface area contributed by atoms with Gasteiger partial charge in [-0.3, -0.25) is 0 Å². The summed E-state index contributed by atoms with van der Waals surface area (Å²) in [5.74, 6) is 1.43. The summed E-state index contributed by atoms with van der Waals surface area (Å²) in [4.78, 5) is 3.97. The number of aromatic nitrogens is 1. The van der Waals surface area contributed by atoms with E-state index in [2.05, 4.69) is 9.71 Å². The molecule has 7 heteroatoms. The second-order valence-corrected chi connectivity index (χ2v) is 8.19. The highest BCUT2D eigenvalue weighted by atomic mass is 35.5. The number of aryl methyl sites for hydroxylation is 1. The molecule has 2 rings (SSSR count). The molecule has 0 amide bonds. The zero-order valence-corrected chi connectivity index (χ0v) is 12.6. The van der Waals surface area contributed by atoms with Crippen LogP contribution in [0.1, 0.15) is 24.3 Å². The minimum atomic E-state index is -3.40. The fourth-order valence-corrected chi connectivity index (χ4v) is 4.99. The molecule has 0 aromatic carbocycles. The van der Waals surface area contributed by atoms with Crippen LogP contribution in [0.4, 0.5) is 0 Å². The third-order valence-electron chi connectivity index (χ3n) is 3.42. The summed E-state index contributed by atoms with van der Waals surface area (Å²) in [5.41, 5.74) is 0. The normalized spacial score (nSPS) is 24.6. The maximum atomic E-state index is 12.0. The van der Waals surface area contributed by atoms with Crippen LogP contribution in [0.25, 0.3) is 0 Å². The lowest BCUT2D eigenvalue weighted by atomic mass is 9.98. The minimum Gasteiger partial charge on any atom is -0.249 e.